The van der Waals surface area contributed by atoms with Crippen molar-refractivity contribution in [3.8, 4) is 11.5 Å². The average molecular weight is 391 g/mol. The van der Waals surface area contributed by atoms with Crippen LogP contribution in [0.15, 0.2) is 54.6 Å². The van der Waals surface area contributed by atoms with Crippen LogP contribution in [0.1, 0.15) is 24.0 Å². The van der Waals surface area contributed by atoms with Gasteiger partial charge < -0.3 is 19.5 Å². The summed E-state index contributed by atoms with van der Waals surface area (Å²) in [5, 5.41) is 3.45. The van der Waals surface area contributed by atoms with Gasteiger partial charge in [-0.1, -0.05) is 30.4 Å². The van der Waals surface area contributed by atoms with Crippen molar-refractivity contribution in [2.45, 2.75) is 25.8 Å². The van der Waals surface area contributed by atoms with E-state index in [1.807, 2.05) is 18.2 Å². The predicted molar refractivity (Wildman–Crippen MR) is 110 cm³/mol. The fourth-order valence-electron chi connectivity index (χ4n) is 4.77. The first-order valence-corrected chi connectivity index (χ1v) is 10.2. The zero-order chi connectivity index (χ0) is 19.8. The fourth-order valence-corrected chi connectivity index (χ4v) is 4.77. The molecular weight excluding hydrogens is 366 g/mol. The van der Waals surface area contributed by atoms with E-state index in [-0.39, 0.29) is 11.9 Å². The normalized spacial score (nSPS) is 24.9. The second kappa shape index (κ2) is 7.14. The summed E-state index contributed by atoms with van der Waals surface area (Å²) in [7, 11) is 0. The predicted octanol–water partition coefficient (Wildman–Crippen LogP) is 4.12. The maximum Gasteiger partial charge on any atom is 0.313 e. The molecule has 0 bridgehead atoms. The summed E-state index contributed by atoms with van der Waals surface area (Å²) in [6.07, 6.45) is 2.37. The Bertz CT molecular complexity index is 952. The number of carbonyl (C=O) groups excluding carboxylic acids is 1. The number of ether oxygens (including phenoxy) is 3. The maximum absolute atomic E-state index is 12.5. The monoisotopic (exact) mass is 391 g/mol. The van der Waals surface area contributed by atoms with Crippen molar-refractivity contribution in [3.05, 3.63) is 65.7 Å². The van der Waals surface area contributed by atoms with Crippen molar-refractivity contribution in [1.82, 2.24) is 0 Å². The smallest absolute Gasteiger partial charge is 0.313 e. The number of allylic oxidation sites excluding steroid dienone is 1. The van der Waals surface area contributed by atoms with Crippen molar-refractivity contribution in [2.75, 3.05) is 25.1 Å². The third-order valence-corrected chi connectivity index (χ3v) is 6.28. The van der Waals surface area contributed by atoms with Crippen LogP contribution < -0.4 is 14.8 Å². The van der Waals surface area contributed by atoms with Gasteiger partial charge in [0.15, 0.2) is 11.5 Å². The molecule has 2 unspecified atom stereocenters. The molecule has 5 rings (SSSR count). The zero-order valence-corrected chi connectivity index (χ0v) is 16.4. The minimum Gasteiger partial charge on any atom is -0.486 e. The lowest BCUT2D eigenvalue weighted by molar-refractivity contribution is -0.146. The molecule has 2 atom stereocenters. The number of esters is 1. The van der Waals surface area contributed by atoms with Gasteiger partial charge in [0.05, 0.1) is 12.0 Å². The van der Waals surface area contributed by atoms with E-state index in [0.717, 1.165) is 47.6 Å². The summed E-state index contributed by atoms with van der Waals surface area (Å²) in [4.78, 5) is 12.5. The number of carbonyl (C=O) groups is 1. The quantitative estimate of drug-likeness (QED) is 0.614. The van der Waals surface area contributed by atoms with E-state index >= 15 is 0 Å². The Kier molecular flexibility index (Phi) is 4.46. The Morgan fingerprint density at radius 1 is 1.00 bits per heavy atom. The maximum atomic E-state index is 12.5. The van der Waals surface area contributed by atoms with Gasteiger partial charge in [-0.05, 0) is 54.7 Å². The van der Waals surface area contributed by atoms with Crippen molar-refractivity contribution in [1.29, 1.82) is 0 Å². The lowest BCUT2D eigenvalue weighted by atomic mass is 9.75. The molecule has 2 aromatic rings. The standard InChI is InChI=1S/C24H25NO4/c1-16-10-19-15-29-23(26)24(19,12-16)13-17-2-5-20(6-3-17)25-14-18-4-7-21-22(11-18)28-9-8-27-21/h2-7,11,19,25H,1,8-10,12-15H2. The molecule has 0 amide bonds. The highest BCUT2D eigenvalue weighted by Gasteiger charge is 2.55. The number of anilines is 1. The Hall–Kier alpha value is -2.95. The van der Waals surface area contributed by atoms with Gasteiger partial charge in [-0.2, -0.15) is 0 Å². The Balaban J connectivity index is 1.24. The molecule has 1 saturated carbocycles. The first-order valence-electron chi connectivity index (χ1n) is 10.2. The van der Waals surface area contributed by atoms with Gasteiger partial charge in [-0.3, -0.25) is 4.79 Å². The summed E-state index contributed by atoms with van der Waals surface area (Å²) >= 11 is 0. The zero-order valence-electron chi connectivity index (χ0n) is 16.4. The summed E-state index contributed by atoms with van der Waals surface area (Å²) in [6.45, 7) is 6.55. The topological polar surface area (TPSA) is 56.8 Å². The second-order valence-corrected chi connectivity index (χ2v) is 8.29. The van der Waals surface area contributed by atoms with Crippen LogP contribution in [0, 0.1) is 11.3 Å². The largest absolute Gasteiger partial charge is 0.486 e. The molecule has 1 saturated heterocycles. The molecule has 1 aliphatic carbocycles. The number of rotatable bonds is 5. The number of benzene rings is 2. The van der Waals surface area contributed by atoms with Crippen molar-refractivity contribution in [3.63, 3.8) is 0 Å². The molecule has 3 aliphatic rings. The van der Waals surface area contributed by atoms with Gasteiger partial charge >= 0.3 is 5.97 Å². The van der Waals surface area contributed by atoms with Gasteiger partial charge in [-0.15, -0.1) is 0 Å². The second-order valence-electron chi connectivity index (χ2n) is 8.29. The number of hydrogen-bond donors (Lipinski definition) is 1. The lowest BCUT2D eigenvalue weighted by Gasteiger charge is -2.24. The van der Waals surface area contributed by atoms with Crippen LogP contribution in [0.25, 0.3) is 0 Å². The van der Waals surface area contributed by atoms with Crippen LogP contribution in [-0.2, 0) is 22.5 Å². The highest BCUT2D eigenvalue weighted by molar-refractivity contribution is 5.81. The van der Waals surface area contributed by atoms with E-state index in [4.69, 9.17) is 14.2 Å². The van der Waals surface area contributed by atoms with Gasteiger partial charge in [0, 0.05) is 18.2 Å². The van der Waals surface area contributed by atoms with E-state index in [0.29, 0.717) is 26.4 Å². The number of cyclic esters (lactones) is 1. The molecule has 0 spiro atoms. The van der Waals surface area contributed by atoms with Gasteiger partial charge in [-0.25, -0.2) is 0 Å². The van der Waals surface area contributed by atoms with Gasteiger partial charge in [0.25, 0.3) is 0 Å². The van der Waals surface area contributed by atoms with Crippen LogP contribution in [0.3, 0.4) is 0 Å². The van der Waals surface area contributed by atoms with Crippen LogP contribution in [0.5, 0.6) is 11.5 Å². The fraction of sp³-hybridized carbons (Fsp3) is 0.375. The van der Waals surface area contributed by atoms with E-state index in [1.54, 1.807) is 0 Å². The molecule has 2 fully saturated rings. The van der Waals surface area contributed by atoms with Gasteiger partial charge in [0.2, 0.25) is 0 Å². The Morgan fingerprint density at radius 2 is 1.76 bits per heavy atom. The first-order chi connectivity index (χ1) is 14.1. The third kappa shape index (κ3) is 3.35. The van der Waals surface area contributed by atoms with Crippen LogP contribution >= 0.6 is 0 Å². The highest BCUT2D eigenvalue weighted by atomic mass is 16.6. The Labute approximate surface area is 170 Å². The summed E-state index contributed by atoms with van der Waals surface area (Å²) in [5.41, 5.74) is 4.11. The molecular formula is C24H25NO4. The minimum atomic E-state index is -0.406. The van der Waals surface area contributed by atoms with Gasteiger partial charge in [0.1, 0.15) is 13.2 Å². The van der Waals surface area contributed by atoms with E-state index in [1.165, 1.54) is 5.57 Å². The summed E-state index contributed by atoms with van der Waals surface area (Å²) in [5.74, 6) is 1.83. The summed E-state index contributed by atoms with van der Waals surface area (Å²) in [6, 6.07) is 14.4. The number of hydrogen-bond acceptors (Lipinski definition) is 5. The first kappa shape index (κ1) is 18.1. The molecule has 150 valence electrons. The number of nitrogens with one attached hydrogen (secondary N) is 1. The van der Waals surface area contributed by atoms with Crippen LogP contribution in [0.4, 0.5) is 5.69 Å². The lowest BCUT2D eigenvalue weighted by Crippen LogP contribution is -2.31. The molecule has 0 radical (unpaired) electrons. The SMILES string of the molecule is C=C1CC2COC(=O)C2(Cc2ccc(NCc3ccc4c(c3)OCCO4)cc2)C1. The molecule has 0 aromatic heterocycles. The van der Waals surface area contributed by atoms with E-state index in [2.05, 4.69) is 36.2 Å². The van der Waals surface area contributed by atoms with Crippen molar-refractivity contribution < 1.29 is 19.0 Å². The molecule has 2 heterocycles. The average Bonchev–Trinajstić information content (AvgIpc) is 3.21. The summed E-state index contributed by atoms with van der Waals surface area (Å²) < 4.78 is 16.6. The molecule has 1 N–H and O–H groups in total. The highest BCUT2D eigenvalue weighted by Crippen LogP contribution is 2.52. The van der Waals surface area contributed by atoms with Crippen molar-refractivity contribution >= 4 is 11.7 Å². The van der Waals surface area contributed by atoms with E-state index in [9.17, 15) is 4.79 Å². The molecule has 5 nitrogen and oxygen atoms in total. The van der Waals surface area contributed by atoms with Crippen LogP contribution in [0.2, 0.25) is 0 Å². The van der Waals surface area contributed by atoms with E-state index < -0.39 is 5.41 Å². The molecule has 29 heavy (non-hydrogen) atoms. The van der Waals surface area contributed by atoms with Crippen LogP contribution in [-0.4, -0.2) is 25.8 Å². The minimum absolute atomic E-state index is 0.0537. The van der Waals surface area contributed by atoms with Crippen molar-refractivity contribution in [2.24, 2.45) is 11.3 Å². The molecule has 2 aliphatic heterocycles. The number of fused-ring (bicyclic) bond motifs is 2. The third-order valence-electron chi connectivity index (χ3n) is 6.28. The Morgan fingerprint density at radius 3 is 2.59 bits per heavy atom. The molecule has 2 aromatic carbocycles. The molecule has 5 heteroatoms.